The van der Waals surface area contributed by atoms with E-state index in [1.165, 1.54) is 22.3 Å². The lowest BCUT2D eigenvalue weighted by Gasteiger charge is -2.27. The predicted octanol–water partition coefficient (Wildman–Crippen LogP) is 7.93. The van der Waals surface area contributed by atoms with Gasteiger partial charge in [-0.05, 0) is 71.7 Å². The van der Waals surface area contributed by atoms with Gasteiger partial charge in [0, 0.05) is 24.3 Å². The molecule has 2 N–H and O–H groups in total. The molecule has 3 heterocycles. The number of aromatic nitrogens is 2. The van der Waals surface area contributed by atoms with Crippen molar-refractivity contribution in [3.63, 3.8) is 0 Å². The molecule has 0 fully saturated rings. The molecule has 2 aromatic carbocycles. The third-order valence-corrected chi connectivity index (χ3v) is 8.83. The highest BCUT2D eigenvalue weighted by Crippen LogP contribution is 2.37. The van der Waals surface area contributed by atoms with Crippen LogP contribution in [0.5, 0.6) is 0 Å². The van der Waals surface area contributed by atoms with Crippen molar-refractivity contribution in [3.8, 4) is 22.4 Å². The normalized spacial score (nSPS) is 15.6. The average molecular weight is 599 g/mol. The van der Waals surface area contributed by atoms with E-state index in [1.807, 2.05) is 22.9 Å². The molecular weight excluding hydrogens is 557 g/mol. The van der Waals surface area contributed by atoms with Crippen molar-refractivity contribution in [2.24, 2.45) is 10.7 Å². The summed E-state index contributed by atoms with van der Waals surface area (Å²) in [6.07, 6.45) is 3.31. The molecule has 1 aliphatic heterocycles. The van der Waals surface area contributed by atoms with E-state index in [1.54, 1.807) is 6.07 Å². The average Bonchev–Trinajstić information content (AvgIpc) is 3.01. The van der Waals surface area contributed by atoms with E-state index in [0.29, 0.717) is 5.69 Å². The quantitative estimate of drug-likeness (QED) is 0.206. The summed E-state index contributed by atoms with van der Waals surface area (Å²) in [6.45, 7) is 11.3. The Balaban J connectivity index is 1.73. The number of allylic oxidation sites excluding steroid dienone is 2. The van der Waals surface area contributed by atoms with Gasteiger partial charge in [0.25, 0.3) is 0 Å². The minimum absolute atomic E-state index is 0.0669. The van der Waals surface area contributed by atoms with Crippen LogP contribution in [0.25, 0.3) is 22.4 Å². The molecule has 1 atom stereocenters. The van der Waals surface area contributed by atoms with Gasteiger partial charge in [0.15, 0.2) is 18.9 Å². The first-order chi connectivity index (χ1) is 20.9. The minimum atomic E-state index is -4.63. The van der Waals surface area contributed by atoms with E-state index in [4.69, 9.17) is 5.73 Å². The summed E-state index contributed by atoms with van der Waals surface area (Å²) in [7, 11) is 0. The zero-order valence-electron chi connectivity index (χ0n) is 26.1. The fourth-order valence-corrected chi connectivity index (χ4v) is 6.12. The molecule has 0 saturated heterocycles. The van der Waals surface area contributed by atoms with Crippen molar-refractivity contribution in [1.29, 1.82) is 0 Å². The maximum Gasteiger partial charge on any atom is 0.430 e. The molecule has 5 rings (SSSR count). The number of hydrogen-bond donors (Lipinski definition) is 1. The molecule has 4 nitrogen and oxygen atoms in total. The topological polar surface area (TPSA) is 46.1 Å². The number of benzene rings is 2. The van der Waals surface area contributed by atoms with Gasteiger partial charge >= 0.3 is 12.3 Å². The van der Waals surface area contributed by atoms with E-state index in [9.17, 15) is 13.2 Å². The fraction of sp³-hybridized carbons (Fsp3) is 0.324. The Labute approximate surface area is 258 Å². The number of aliphatic imine (C=N–C) groups is 1. The van der Waals surface area contributed by atoms with Crippen LogP contribution in [0.4, 0.5) is 13.2 Å². The van der Waals surface area contributed by atoms with Gasteiger partial charge in [-0.25, -0.2) is 0 Å². The lowest BCUT2D eigenvalue weighted by atomic mass is 9.77. The molecule has 7 heteroatoms. The Kier molecular flexibility index (Phi) is 8.78. The molecule has 0 bridgehead atoms. The Hall–Kier alpha value is -4.26. The summed E-state index contributed by atoms with van der Waals surface area (Å²) in [6, 6.07) is 24.8. The summed E-state index contributed by atoms with van der Waals surface area (Å²) in [5.74, 6) is 0. The summed E-state index contributed by atoms with van der Waals surface area (Å²) < 4.78 is 44.2. The third kappa shape index (κ3) is 6.19. The smallest absolute Gasteiger partial charge is 0.395 e. The molecule has 4 aromatic rings. The zero-order chi connectivity index (χ0) is 31.6. The largest absolute Gasteiger partial charge is 0.430 e. The van der Waals surface area contributed by atoms with Crippen LogP contribution in [0.3, 0.4) is 0 Å². The van der Waals surface area contributed by atoms with Crippen LogP contribution < -0.4 is 14.9 Å². The van der Waals surface area contributed by atoms with E-state index in [0.717, 1.165) is 42.2 Å². The number of fused-ring (bicyclic) bond motifs is 1. The van der Waals surface area contributed by atoms with Gasteiger partial charge in [-0.15, -0.1) is 9.13 Å². The molecule has 0 spiro atoms. The number of nitrogens with zero attached hydrogens (tertiary/aromatic N) is 3. The van der Waals surface area contributed by atoms with Gasteiger partial charge in [-0.2, -0.15) is 13.2 Å². The molecule has 0 saturated carbocycles. The van der Waals surface area contributed by atoms with Crippen molar-refractivity contribution in [2.45, 2.75) is 71.6 Å². The molecule has 0 aliphatic carbocycles. The highest BCUT2D eigenvalue weighted by molar-refractivity contribution is 6.07. The Bertz CT molecular complexity index is 1730. The second-order valence-electron chi connectivity index (χ2n) is 12.3. The summed E-state index contributed by atoms with van der Waals surface area (Å²) >= 11 is 0. The molecule has 228 valence electrons. The number of alkyl halides is 3. The number of unbranched alkanes of at least 4 members (excludes halogenated alkanes) is 1. The van der Waals surface area contributed by atoms with Crippen LogP contribution in [-0.2, 0) is 5.41 Å². The summed E-state index contributed by atoms with van der Waals surface area (Å²) in [4.78, 5) is 4.65. The number of pyridine rings is 2. The summed E-state index contributed by atoms with van der Waals surface area (Å²) in [5, 5.41) is 0. The molecular formula is C37H41F3N4+2. The Morgan fingerprint density at radius 1 is 0.909 bits per heavy atom. The van der Waals surface area contributed by atoms with Crippen LogP contribution in [0.1, 0.15) is 68.6 Å². The molecule has 1 aliphatic rings. The standard InChI is InChI=1S/C37H41F3N4/c1-6-7-19-36(4,5)30-16-9-8-14-29(30)33-22-27(28-15-12-13-25(2)26(28)3)18-21-44(33)35-24-42-31(23-34(41)37(38,39)40)32-17-10-11-20-43(32)35/h8-18,20-23,35H,6-7,19,24,41H2,1-5H3/q+2. The number of nitrogens with two attached hydrogens (primary N) is 1. The second-order valence-corrected chi connectivity index (χ2v) is 12.3. The minimum Gasteiger partial charge on any atom is -0.395 e. The van der Waals surface area contributed by atoms with Crippen molar-refractivity contribution in [1.82, 2.24) is 0 Å². The maximum absolute atomic E-state index is 13.3. The first kappa shape index (κ1) is 31.2. The first-order valence-electron chi connectivity index (χ1n) is 15.2. The number of halogens is 3. The van der Waals surface area contributed by atoms with Gasteiger partial charge in [0.2, 0.25) is 11.4 Å². The fourth-order valence-electron chi connectivity index (χ4n) is 6.12. The Morgan fingerprint density at radius 3 is 2.36 bits per heavy atom. The van der Waals surface area contributed by atoms with Crippen molar-refractivity contribution < 1.29 is 22.3 Å². The van der Waals surface area contributed by atoms with Crippen molar-refractivity contribution in [2.75, 3.05) is 6.54 Å². The lowest BCUT2D eigenvalue weighted by molar-refractivity contribution is -0.938. The van der Waals surface area contributed by atoms with Crippen LogP contribution >= 0.6 is 0 Å². The maximum atomic E-state index is 13.3. The van der Waals surface area contributed by atoms with Crippen LogP contribution in [-0.4, -0.2) is 18.4 Å². The highest BCUT2D eigenvalue weighted by Gasteiger charge is 2.40. The molecule has 1 unspecified atom stereocenters. The van der Waals surface area contributed by atoms with E-state index >= 15 is 0 Å². The number of aryl methyl sites for hydroxylation is 1. The second kappa shape index (κ2) is 12.4. The number of hydrogen-bond acceptors (Lipinski definition) is 2. The highest BCUT2D eigenvalue weighted by atomic mass is 19.4. The monoisotopic (exact) mass is 598 g/mol. The van der Waals surface area contributed by atoms with Gasteiger partial charge in [0.1, 0.15) is 11.4 Å². The summed E-state index contributed by atoms with van der Waals surface area (Å²) in [5.41, 5.74) is 13.1. The Morgan fingerprint density at radius 2 is 1.61 bits per heavy atom. The predicted molar refractivity (Wildman–Crippen MR) is 170 cm³/mol. The molecule has 0 radical (unpaired) electrons. The lowest BCUT2D eigenvalue weighted by Crippen LogP contribution is -2.63. The van der Waals surface area contributed by atoms with Crippen LogP contribution in [0.15, 0.2) is 102 Å². The van der Waals surface area contributed by atoms with Gasteiger partial charge in [0.05, 0.1) is 5.56 Å². The molecule has 0 amide bonds. The van der Waals surface area contributed by atoms with Crippen LogP contribution in [0, 0.1) is 13.8 Å². The van der Waals surface area contributed by atoms with Gasteiger partial charge in [-0.1, -0.05) is 70.0 Å². The van der Waals surface area contributed by atoms with Crippen molar-refractivity contribution >= 4 is 5.71 Å². The van der Waals surface area contributed by atoms with E-state index in [2.05, 4.69) is 105 Å². The van der Waals surface area contributed by atoms with E-state index < -0.39 is 11.9 Å². The number of rotatable bonds is 8. The molecule has 44 heavy (non-hydrogen) atoms. The van der Waals surface area contributed by atoms with E-state index in [-0.39, 0.29) is 23.8 Å². The van der Waals surface area contributed by atoms with Gasteiger partial charge in [-0.3, -0.25) is 4.99 Å². The first-order valence-corrected chi connectivity index (χ1v) is 15.2. The SMILES string of the molecule is CCCCC(C)(C)c1ccccc1-c1cc(-c2cccc(C)c2C)cc[n+]1C1CN=C(C=C(N)C(F)(F)F)c2cccc[n+]21. The zero-order valence-corrected chi connectivity index (χ0v) is 26.1. The third-order valence-electron chi connectivity index (χ3n) is 8.83. The van der Waals surface area contributed by atoms with Crippen molar-refractivity contribution in [3.05, 3.63) is 119 Å². The van der Waals surface area contributed by atoms with Crippen LogP contribution in [0.2, 0.25) is 0 Å². The molecule has 2 aromatic heterocycles. The van der Waals surface area contributed by atoms with Gasteiger partial charge < -0.3 is 5.73 Å².